The van der Waals surface area contributed by atoms with Gasteiger partial charge in [-0.15, -0.1) is 0 Å². The Hall–Kier alpha value is -1.73. The molecule has 6 nitrogen and oxygen atoms in total. The van der Waals surface area contributed by atoms with Crippen LogP contribution in [0.25, 0.3) is 0 Å². The zero-order valence-electron chi connectivity index (χ0n) is 18.1. The monoisotopic (exact) mass is 410 g/mol. The molecule has 7 heteroatoms. The lowest BCUT2D eigenvalue weighted by atomic mass is 9.21. The minimum absolute atomic E-state index is 0.0764. The maximum absolute atomic E-state index is 12.7. The van der Waals surface area contributed by atoms with Crippen molar-refractivity contribution in [3.8, 4) is 11.5 Å². The second-order valence-corrected chi connectivity index (χ2v) is 11.0. The van der Waals surface area contributed by atoms with Crippen LogP contribution in [-0.4, -0.2) is 37.2 Å². The number of cyclic esters (lactones) is 1. The lowest BCUT2D eigenvalue weighted by Crippen LogP contribution is -2.92. The van der Waals surface area contributed by atoms with E-state index in [2.05, 4.69) is 13.8 Å². The first kappa shape index (κ1) is 17.9. The summed E-state index contributed by atoms with van der Waals surface area (Å²) in [6, 6.07) is 3.86. The number of methoxy groups -OCH3 is 1. The van der Waals surface area contributed by atoms with Crippen molar-refractivity contribution < 1.29 is 28.3 Å². The second kappa shape index (κ2) is 4.86. The number of fused-ring (bicyclic) bond motifs is 2. The van der Waals surface area contributed by atoms with Crippen LogP contribution >= 0.6 is 0 Å². The molecule has 1 aromatic carbocycles. The van der Waals surface area contributed by atoms with Crippen LogP contribution in [0.1, 0.15) is 68.8 Å². The van der Waals surface area contributed by atoms with E-state index in [1.807, 2.05) is 12.1 Å². The van der Waals surface area contributed by atoms with Gasteiger partial charge in [-0.2, -0.15) is 0 Å². The van der Waals surface area contributed by atoms with Crippen molar-refractivity contribution in [2.45, 2.75) is 75.7 Å². The summed E-state index contributed by atoms with van der Waals surface area (Å²) in [4.78, 5) is 12.7. The number of hydrogen-bond donors (Lipinski definition) is 0. The molecule has 4 unspecified atom stereocenters. The van der Waals surface area contributed by atoms with Gasteiger partial charge in [0.25, 0.3) is 0 Å². The first-order valence-corrected chi connectivity index (χ1v) is 11.1. The van der Waals surface area contributed by atoms with Crippen LogP contribution in [0.5, 0.6) is 11.5 Å². The molecule has 0 N–H and O–H groups in total. The molecule has 6 aliphatic rings. The standard InChI is InChI=1S/C23H27BO6/c1-20(2)27-18-12(6-7-15(26-5)17(18)19(25)28-20)13-9-14(13)24-29-22(4)16-8-11-10-23(22,30-24)21(11,16)3/h6-7,11,13-14,16H,8-10H2,1-5H3/t11?,13-,14-,16?,21?,22+,23?/m0/s1. The third kappa shape index (κ3) is 1.67. The molecule has 0 amide bonds. The molecule has 1 aromatic rings. The van der Waals surface area contributed by atoms with Gasteiger partial charge in [-0.3, -0.25) is 0 Å². The fourth-order valence-corrected chi connectivity index (χ4v) is 7.85. The van der Waals surface area contributed by atoms with E-state index in [1.165, 1.54) is 6.42 Å². The molecule has 7 atom stereocenters. The smallest absolute Gasteiger partial charge is 0.461 e. The topological polar surface area (TPSA) is 63.2 Å². The number of carbonyl (C=O) groups excluding carboxylic acids is 1. The zero-order valence-corrected chi connectivity index (χ0v) is 18.1. The minimum atomic E-state index is -1.00. The zero-order chi connectivity index (χ0) is 20.8. The molecule has 0 aromatic heterocycles. The van der Waals surface area contributed by atoms with Crippen molar-refractivity contribution in [3.63, 3.8) is 0 Å². The van der Waals surface area contributed by atoms with Crippen LogP contribution in [0.4, 0.5) is 0 Å². The molecule has 158 valence electrons. The normalized spacial score (nSPS) is 48.0. The number of esters is 1. The van der Waals surface area contributed by atoms with Gasteiger partial charge in [-0.25, -0.2) is 4.79 Å². The number of rotatable bonds is 3. The second-order valence-electron chi connectivity index (χ2n) is 11.0. The van der Waals surface area contributed by atoms with Crippen LogP contribution in [0.15, 0.2) is 12.1 Å². The van der Waals surface area contributed by atoms with Gasteiger partial charge in [0.2, 0.25) is 5.79 Å². The highest BCUT2D eigenvalue weighted by atomic mass is 16.7. The van der Waals surface area contributed by atoms with Crippen LogP contribution in [0, 0.1) is 17.3 Å². The molecule has 30 heavy (non-hydrogen) atoms. The highest BCUT2D eigenvalue weighted by molar-refractivity contribution is 6.49. The molecule has 1 spiro atoms. The van der Waals surface area contributed by atoms with Gasteiger partial charge >= 0.3 is 13.1 Å². The fraction of sp³-hybridized carbons (Fsp3) is 0.696. The number of hydrogen-bond acceptors (Lipinski definition) is 6. The molecule has 5 fully saturated rings. The lowest BCUT2D eigenvalue weighted by Gasteiger charge is -2.87. The van der Waals surface area contributed by atoms with E-state index < -0.39 is 11.8 Å². The van der Waals surface area contributed by atoms with E-state index in [9.17, 15) is 4.79 Å². The van der Waals surface area contributed by atoms with E-state index in [0.717, 1.165) is 24.3 Å². The van der Waals surface area contributed by atoms with Gasteiger partial charge in [-0.1, -0.05) is 13.0 Å². The summed E-state index contributed by atoms with van der Waals surface area (Å²) >= 11 is 0. The van der Waals surface area contributed by atoms with E-state index in [0.29, 0.717) is 28.4 Å². The predicted molar refractivity (Wildman–Crippen MR) is 108 cm³/mol. The Bertz CT molecular complexity index is 1020. The van der Waals surface area contributed by atoms with E-state index >= 15 is 0 Å². The molecule has 7 rings (SSSR count). The Balaban J connectivity index is 1.20. The molecule has 0 bridgehead atoms. The van der Waals surface area contributed by atoms with Crippen molar-refractivity contribution in [1.82, 2.24) is 0 Å². The highest BCUT2D eigenvalue weighted by Gasteiger charge is 2.94. The summed E-state index contributed by atoms with van der Waals surface area (Å²) < 4.78 is 30.3. The van der Waals surface area contributed by atoms with Gasteiger partial charge in [0.15, 0.2) is 0 Å². The van der Waals surface area contributed by atoms with Crippen LogP contribution in [0.2, 0.25) is 5.82 Å². The Kier molecular flexibility index (Phi) is 2.90. The van der Waals surface area contributed by atoms with Gasteiger partial charge in [0.1, 0.15) is 17.1 Å². The Morgan fingerprint density at radius 2 is 1.90 bits per heavy atom. The summed E-state index contributed by atoms with van der Waals surface area (Å²) in [6.07, 6.45) is 3.40. The summed E-state index contributed by atoms with van der Waals surface area (Å²) in [6.45, 7) is 8.18. The maximum atomic E-state index is 12.7. The third-order valence-electron chi connectivity index (χ3n) is 9.49. The van der Waals surface area contributed by atoms with Gasteiger partial charge in [0, 0.05) is 25.1 Å². The average Bonchev–Trinajstić information content (AvgIpc) is 3.40. The van der Waals surface area contributed by atoms with Gasteiger partial charge in [0.05, 0.1) is 18.3 Å². The average molecular weight is 410 g/mol. The molecular weight excluding hydrogens is 383 g/mol. The maximum Gasteiger partial charge on any atom is 0.461 e. The predicted octanol–water partition coefficient (Wildman–Crippen LogP) is 3.93. The molecule has 0 radical (unpaired) electrons. The van der Waals surface area contributed by atoms with Crippen molar-refractivity contribution >= 4 is 13.1 Å². The summed E-state index contributed by atoms with van der Waals surface area (Å²) in [5.41, 5.74) is 1.53. The highest BCUT2D eigenvalue weighted by Crippen LogP contribution is 2.88. The Morgan fingerprint density at radius 3 is 2.57 bits per heavy atom. The largest absolute Gasteiger partial charge is 0.496 e. The molecule has 4 aliphatic carbocycles. The number of ether oxygens (including phenoxy) is 3. The summed E-state index contributed by atoms with van der Waals surface area (Å²) in [5.74, 6) is 1.65. The fourth-order valence-electron chi connectivity index (χ4n) is 7.85. The van der Waals surface area contributed by atoms with Crippen molar-refractivity contribution in [1.29, 1.82) is 0 Å². The van der Waals surface area contributed by atoms with Crippen LogP contribution in [0.3, 0.4) is 0 Å². The summed E-state index contributed by atoms with van der Waals surface area (Å²) in [7, 11) is 1.38. The van der Waals surface area contributed by atoms with Crippen LogP contribution < -0.4 is 9.47 Å². The molecule has 4 saturated carbocycles. The van der Waals surface area contributed by atoms with Gasteiger partial charge in [-0.05, 0) is 55.6 Å². The van der Waals surface area contributed by atoms with E-state index in [4.69, 9.17) is 23.5 Å². The number of carbonyl (C=O) groups is 1. The van der Waals surface area contributed by atoms with E-state index in [-0.39, 0.29) is 30.1 Å². The van der Waals surface area contributed by atoms with E-state index in [1.54, 1.807) is 21.0 Å². The minimum Gasteiger partial charge on any atom is -0.496 e. The first-order chi connectivity index (χ1) is 14.2. The van der Waals surface area contributed by atoms with Crippen molar-refractivity contribution in [2.75, 3.05) is 7.11 Å². The molecular formula is C23H27BO6. The Morgan fingerprint density at radius 1 is 1.10 bits per heavy atom. The quantitative estimate of drug-likeness (QED) is 0.556. The number of benzene rings is 1. The Labute approximate surface area is 176 Å². The SMILES string of the molecule is COc1ccc([C@@H]2C[C@@H]2B2OC34CC5CC(C53C)[C@@]4(C)O2)c2c1C(=O)OC(C)(C)O2. The molecule has 2 heterocycles. The first-order valence-electron chi connectivity index (χ1n) is 11.1. The molecule has 1 saturated heterocycles. The third-order valence-corrected chi connectivity index (χ3v) is 9.49. The lowest BCUT2D eigenvalue weighted by molar-refractivity contribution is -0.429. The van der Waals surface area contributed by atoms with Crippen molar-refractivity contribution in [3.05, 3.63) is 23.3 Å². The van der Waals surface area contributed by atoms with Gasteiger partial charge < -0.3 is 23.5 Å². The molecule has 2 aliphatic heterocycles. The van der Waals surface area contributed by atoms with Crippen LogP contribution in [-0.2, 0) is 14.0 Å². The van der Waals surface area contributed by atoms with Crippen molar-refractivity contribution in [2.24, 2.45) is 17.3 Å². The summed E-state index contributed by atoms with van der Waals surface area (Å²) in [5, 5.41) is 0.